The normalized spacial score (nSPS) is 18.1. The van der Waals surface area contributed by atoms with Crippen LogP contribution in [0.5, 0.6) is 5.75 Å². The zero-order chi connectivity index (χ0) is 13.8. The van der Waals surface area contributed by atoms with Crippen LogP contribution in [0.3, 0.4) is 0 Å². The van der Waals surface area contributed by atoms with Gasteiger partial charge in [0.1, 0.15) is 12.4 Å². The molecule has 0 radical (unpaired) electrons. The van der Waals surface area contributed by atoms with E-state index in [0.717, 1.165) is 25.3 Å². The van der Waals surface area contributed by atoms with Gasteiger partial charge in [-0.05, 0) is 47.7 Å². The van der Waals surface area contributed by atoms with E-state index in [2.05, 4.69) is 42.6 Å². The van der Waals surface area contributed by atoms with E-state index in [0.29, 0.717) is 12.5 Å². The molecule has 2 aromatic rings. The molecule has 1 atom stereocenters. The Morgan fingerprint density at radius 1 is 1.15 bits per heavy atom. The van der Waals surface area contributed by atoms with Gasteiger partial charge in [0.05, 0.1) is 0 Å². The third kappa shape index (κ3) is 3.02. The van der Waals surface area contributed by atoms with E-state index < -0.39 is 0 Å². The lowest BCUT2D eigenvalue weighted by atomic mass is 9.95. The van der Waals surface area contributed by atoms with Crippen molar-refractivity contribution in [3.63, 3.8) is 0 Å². The molecule has 2 nitrogen and oxygen atoms in total. The van der Waals surface area contributed by atoms with Gasteiger partial charge in [-0.1, -0.05) is 43.3 Å². The summed E-state index contributed by atoms with van der Waals surface area (Å²) in [7, 11) is 0. The molecule has 0 unspecified atom stereocenters. The number of ether oxygens (including phenoxy) is 1. The molecule has 104 valence electrons. The van der Waals surface area contributed by atoms with E-state index >= 15 is 0 Å². The molecule has 0 aromatic heterocycles. The number of hydrogen-bond acceptors (Lipinski definition) is 2. The van der Waals surface area contributed by atoms with Gasteiger partial charge in [-0.2, -0.15) is 0 Å². The van der Waals surface area contributed by atoms with E-state index in [-0.39, 0.29) is 0 Å². The zero-order valence-electron chi connectivity index (χ0n) is 11.9. The van der Waals surface area contributed by atoms with E-state index in [1.54, 1.807) is 0 Å². The molecule has 0 spiro atoms. The van der Waals surface area contributed by atoms with Crippen molar-refractivity contribution in [1.29, 1.82) is 0 Å². The third-order valence-electron chi connectivity index (χ3n) is 3.92. The first kappa shape index (κ1) is 13.2. The van der Waals surface area contributed by atoms with Crippen LogP contribution in [0.2, 0.25) is 0 Å². The summed E-state index contributed by atoms with van der Waals surface area (Å²) in [5.41, 5.74) is 4.09. The molecule has 2 heteroatoms. The summed E-state index contributed by atoms with van der Waals surface area (Å²) in [5, 5.41) is 3.48. The first-order valence-corrected chi connectivity index (χ1v) is 7.33. The Morgan fingerprint density at radius 3 is 2.85 bits per heavy atom. The van der Waals surface area contributed by atoms with Crippen molar-refractivity contribution in [2.24, 2.45) is 0 Å². The monoisotopic (exact) mass is 267 g/mol. The lowest BCUT2D eigenvalue weighted by Crippen LogP contribution is -2.18. The number of hydrogen-bond donors (Lipinski definition) is 1. The first-order valence-electron chi connectivity index (χ1n) is 7.33. The van der Waals surface area contributed by atoms with E-state index in [9.17, 15) is 0 Å². The Hall–Kier alpha value is -1.80. The Kier molecular flexibility index (Phi) is 4.03. The maximum atomic E-state index is 5.93. The average molecular weight is 267 g/mol. The largest absolute Gasteiger partial charge is 0.489 e. The fourth-order valence-electron chi connectivity index (χ4n) is 2.74. The maximum absolute atomic E-state index is 5.93. The van der Waals surface area contributed by atoms with Crippen LogP contribution >= 0.6 is 0 Å². The highest BCUT2D eigenvalue weighted by atomic mass is 16.5. The highest BCUT2D eigenvalue weighted by molar-refractivity contribution is 5.39. The average Bonchev–Trinajstić information content (AvgIpc) is 2.68. The minimum absolute atomic E-state index is 0.549. The first-order chi connectivity index (χ1) is 9.83. The lowest BCUT2D eigenvalue weighted by Gasteiger charge is -2.14. The summed E-state index contributed by atoms with van der Waals surface area (Å²) in [5.74, 6) is 1.52. The van der Waals surface area contributed by atoms with E-state index in [1.807, 2.05) is 18.2 Å². The number of fused-ring (bicyclic) bond motifs is 1. The van der Waals surface area contributed by atoms with Crippen LogP contribution in [0.15, 0.2) is 48.5 Å². The van der Waals surface area contributed by atoms with Gasteiger partial charge >= 0.3 is 0 Å². The van der Waals surface area contributed by atoms with Gasteiger partial charge in [0.25, 0.3) is 0 Å². The van der Waals surface area contributed by atoms with Crippen molar-refractivity contribution in [2.75, 3.05) is 13.1 Å². The van der Waals surface area contributed by atoms with Crippen LogP contribution in [0.4, 0.5) is 0 Å². The van der Waals surface area contributed by atoms with Crippen molar-refractivity contribution in [2.45, 2.75) is 25.9 Å². The summed E-state index contributed by atoms with van der Waals surface area (Å²) < 4.78 is 5.93. The number of rotatable bonds is 3. The van der Waals surface area contributed by atoms with E-state index in [1.165, 1.54) is 16.7 Å². The second kappa shape index (κ2) is 6.10. The molecule has 1 N–H and O–H groups in total. The summed E-state index contributed by atoms with van der Waals surface area (Å²) in [4.78, 5) is 0. The third-order valence-corrected chi connectivity index (χ3v) is 3.92. The molecule has 1 aliphatic rings. The highest BCUT2D eigenvalue weighted by Crippen LogP contribution is 2.27. The summed E-state index contributed by atoms with van der Waals surface area (Å²) >= 11 is 0. The van der Waals surface area contributed by atoms with Crippen molar-refractivity contribution in [3.05, 3.63) is 65.2 Å². The Balaban J connectivity index is 1.75. The fourth-order valence-corrected chi connectivity index (χ4v) is 2.74. The fraction of sp³-hybridized carbons (Fsp3) is 0.333. The van der Waals surface area contributed by atoms with Gasteiger partial charge < -0.3 is 10.1 Å². The van der Waals surface area contributed by atoms with Crippen LogP contribution in [-0.2, 0) is 13.0 Å². The summed E-state index contributed by atoms with van der Waals surface area (Å²) in [6, 6.07) is 16.8. The van der Waals surface area contributed by atoms with Gasteiger partial charge in [0.15, 0.2) is 0 Å². The van der Waals surface area contributed by atoms with Gasteiger partial charge in [-0.25, -0.2) is 0 Å². The predicted octanol–water partition coefficient (Wildman–Crippen LogP) is 3.51. The van der Waals surface area contributed by atoms with Crippen molar-refractivity contribution in [3.8, 4) is 5.75 Å². The second-order valence-electron chi connectivity index (χ2n) is 5.49. The predicted molar refractivity (Wildman–Crippen MR) is 82.2 cm³/mol. The van der Waals surface area contributed by atoms with Gasteiger partial charge in [0.2, 0.25) is 0 Å². The van der Waals surface area contributed by atoms with Crippen LogP contribution in [0.25, 0.3) is 0 Å². The molecule has 0 saturated carbocycles. The maximum Gasteiger partial charge on any atom is 0.120 e. The minimum Gasteiger partial charge on any atom is -0.489 e. The Labute approximate surface area is 120 Å². The van der Waals surface area contributed by atoms with Crippen molar-refractivity contribution < 1.29 is 4.74 Å². The summed E-state index contributed by atoms with van der Waals surface area (Å²) in [6.07, 6.45) is 1.11. The van der Waals surface area contributed by atoms with Crippen LogP contribution < -0.4 is 10.1 Å². The molecule has 1 heterocycles. The van der Waals surface area contributed by atoms with Gasteiger partial charge in [-0.15, -0.1) is 0 Å². The smallest absolute Gasteiger partial charge is 0.120 e. The molecule has 20 heavy (non-hydrogen) atoms. The van der Waals surface area contributed by atoms with Gasteiger partial charge in [0, 0.05) is 6.54 Å². The van der Waals surface area contributed by atoms with Crippen molar-refractivity contribution in [1.82, 2.24) is 5.32 Å². The molecule has 1 aliphatic heterocycles. The van der Waals surface area contributed by atoms with Crippen LogP contribution in [0, 0.1) is 0 Å². The molecular formula is C18H21NO. The minimum atomic E-state index is 0.549. The van der Waals surface area contributed by atoms with Crippen molar-refractivity contribution >= 4 is 0 Å². The van der Waals surface area contributed by atoms with E-state index in [4.69, 9.17) is 4.74 Å². The highest BCUT2D eigenvalue weighted by Gasteiger charge is 2.15. The standard InChI is InChI=1S/C18H21NO/c1-14-12-19-10-9-16-7-8-17(11-18(14)16)20-13-15-5-3-2-4-6-15/h2-8,11,14,19H,9-10,12-13H2,1H3/t14-/m1/s1. The zero-order valence-corrected chi connectivity index (χ0v) is 11.9. The Morgan fingerprint density at radius 2 is 2.00 bits per heavy atom. The SMILES string of the molecule is C[C@@H]1CNCCc2ccc(OCc3ccccc3)cc21. The van der Waals surface area contributed by atoms with Gasteiger partial charge in [-0.3, -0.25) is 0 Å². The second-order valence-corrected chi connectivity index (χ2v) is 5.49. The van der Waals surface area contributed by atoms with Crippen LogP contribution in [-0.4, -0.2) is 13.1 Å². The molecular weight excluding hydrogens is 246 g/mol. The number of benzene rings is 2. The number of nitrogens with one attached hydrogen (secondary N) is 1. The molecule has 0 fully saturated rings. The molecule has 3 rings (SSSR count). The molecule has 0 amide bonds. The molecule has 0 saturated heterocycles. The topological polar surface area (TPSA) is 21.3 Å². The lowest BCUT2D eigenvalue weighted by molar-refractivity contribution is 0.305. The summed E-state index contributed by atoms with van der Waals surface area (Å²) in [6.45, 7) is 5.03. The van der Waals surface area contributed by atoms with Crippen LogP contribution in [0.1, 0.15) is 29.5 Å². The quantitative estimate of drug-likeness (QED) is 0.918. The Bertz CT molecular complexity index is 565. The molecule has 2 aromatic carbocycles. The molecule has 0 bridgehead atoms. The molecule has 0 aliphatic carbocycles.